The van der Waals surface area contributed by atoms with Gasteiger partial charge in [0.15, 0.2) is 0 Å². The molecule has 28 heavy (non-hydrogen) atoms. The van der Waals surface area contributed by atoms with Crippen LogP contribution in [0.3, 0.4) is 0 Å². The van der Waals surface area contributed by atoms with E-state index in [9.17, 15) is 17.6 Å². The SMILES string of the molecule is CSc1ccc(/C=C/C(=O)N2CCN(S(=O)(=O)c3ccc(F)cc3)CC2)cc1. The summed E-state index contributed by atoms with van der Waals surface area (Å²) < 4.78 is 39.6. The lowest BCUT2D eigenvalue weighted by atomic mass is 10.2. The summed E-state index contributed by atoms with van der Waals surface area (Å²) in [5.41, 5.74) is 0.934. The largest absolute Gasteiger partial charge is 0.337 e. The van der Waals surface area contributed by atoms with E-state index >= 15 is 0 Å². The van der Waals surface area contributed by atoms with Crippen molar-refractivity contribution in [1.29, 1.82) is 0 Å². The van der Waals surface area contributed by atoms with E-state index in [1.165, 1.54) is 22.5 Å². The van der Waals surface area contributed by atoms with Crippen LogP contribution in [0.4, 0.5) is 4.39 Å². The van der Waals surface area contributed by atoms with Gasteiger partial charge in [0.1, 0.15) is 5.82 Å². The van der Waals surface area contributed by atoms with Gasteiger partial charge in [0, 0.05) is 37.2 Å². The van der Waals surface area contributed by atoms with Crippen LogP contribution in [-0.4, -0.2) is 56.0 Å². The second-order valence-electron chi connectivity index (χ2n) is 6.29. The molecule has 5 nitrogen and oxygen atoms in total. The van der Waals surface area contributed by atoms with Gasteiger partial charge in [0.25, 0.3) is 0 Å². The second kappa shape index (κ2) is 8.89. The van der Waals surface area contributed by atoms with Gasteiger partial charge in [-0.2, -0.15) is 4.31 Å². The lowest BCUT2D eigenvalue weighted by Gasteiger charge is -2.33. The van der Waals surface area contributed by atoms with Crippen LogP contribution in [0, 0.1) is 5.82 Å². The van der Waals surface area contributed by atoms with Crippen LogP contribution in [0.15, 0.2) is 64.4 Å². The Labute approximate surface area is 168 Å². The summed E-state index contributed by atoms with van der Waals surface area (Å²) in [7, 11) is -3.68. The molecule has 0 N–H and O–H groups in total. The summed E-state index contributed by atoms with van der Waals surface area (Å²) in [5, 5.41) is 0. The van der Waals surface area contributed by atoms with Crippen molar-refractivity contribution in [1.82, 2.24) is 9.21 Å². The number of rotatable bonds is 5. The Morgan fingerprint density at radius 2 is 1.61 bits per heavy atom. The minimum Gasteiger partial charge on any atom is -0.337 e. The Kier molecular flexibility index (Phi) is 6.53. The monoisotopic (exact) mass is 420 g/mol. The fourth-order valence-electron chi connectivity index (χ4n) is 2.89. The Morgan fingerprint density at radius 1 is 1.00 bits per heavy atom. The molecule has 0 saturated carbocycles. The van der Waals surface area contributed by atoms with Crippen molar-refractivity contribution in [3.63, 3.8) is 0 Å². The van der Waals surface area contributed by atoms with Crippen LogP contribution in [0.2, 0.25) is 0 Å². The molecular formula is C20H21FN2O3S2. The van der Waals surface area contributed by atoms with Gasteiger partial charge in [-0.15, -0.1) is 11.8 Å². The third-order valence-corrected chi connectivity index (χ3v) is 7.19. The maximum Gasteiger partial charge on any atom is 0.246 e. The van der Waals surface area contributed by atoms with Crippen molar-refractivity contribution in [2.45, 2.75) is 9.79 Å². The highest BCUT2D eigenvalue weighted by atomic mass is 32.2. The molecule has 1 aliphatic heterocycles. The molecule has 0 radical (unpaired) electrons. The third-order valence-electron chi connectivity index (χ3n) is 4.54. The molecule has 1 fully saturated rings. The van der Waals surface area contributed by atoms with Crippen LogP contribution < -0.4 is 0 Å². The number of sulfonamides is 1. The van der Waals surface area contributed by atoms with Gasteiger partial charge in [0.2, 0.25) is 15.9 Å². The predicted octanol–water partition coefficient (Wildman–Crippen LogP) is 3.09. The number of benzene rings is 2. The molecule has 1 heterocycles. The zero-order chi connectivity index (χ0) is 20.1. The van der Waals surface area contributed by atoms with Crippen molar-refractivity contribution >= 4 is 33.8 Å². The van der Waals surface area contributed by atoms with E-state index in [0.717, 1.165) is 22.6 Å². The maximum absolute atomic E-state index is 13.0. The molecule has 3 rings (SSSR count). The molecule has 148 valence electrons. The molecule has 0 unspecified atom stereocenters. The number of hydrogen-bond donors (Lipinski definition) is 0. The normalized spacial score (nSPS) is 15.9. The molecule has 0 bridgehead atoms. The number of carbonyl (C=O) groups is 1. The Hall–Kier alpha value is -2.16. The third kappa shape index (κ3) is 4.81. The molecule has 2 aromatic carbocycles. The van der Waals surface area contributed by atoms with Gasteiger partial charge < -0.3 is 4.90 Å². The summed E-state index contributed by atoms with van der Waals surface area (Å²) in [5.74, 6) is -0.628. The fraction of sp³-hybridized carbons (Fsp3) is 0.250. The van der Waals surface area contributed by atoms with Crippen LogP contribution >= 0.6 is 11.8 Å². The first-order chi connectivity index (χ1) is 13.4. The predicted molar refractivity (Wildman–Crippen MR) is 109 cm³/mol. The number of piperazine rings is 1. The number of halogens is 1. The van der Waals surface area contributed by atoms with Crippen LogP contribution in [-0.2, 0) is 14.8 Å². The number of hydrogen-bond acceptors (Lipinski definition) is 4. The van der Waals surface area contributed by atoms with E-state index in [2.05, 4.69) is 0 Å². The molecule has 8 heteroatoms. The van der Waals surface area contributed by atoms with Crippen molar-refractivity contribution in [3.05, 3.63) is 66.0 Å². The smallest absolute Gasteiger partial charge is 0.246 e. The van der Waals surface area contributed by atoms with Crippen molar-refractivity contribution in [2.75, 3.05) is 32.4 Å². The first kappa shape index (κ1) is 20.6. The molecule has 2 aromatic rings. The summed E-state index contributed by atoms with van der Waals surface area (Å²) in [6.45, 7) is 1.05. The standard InChI is InChI=1S/C20H21FN2O3S2/c1-27-18-7-2-16(3-8-18)4-11-20(24)22-12-14-23(15-13-22)28(25,26)19-9-5-17(21)6-10-19/h2-11H,12-15H2,1H3/b11-4+. The van der Waals surface area contributed by atoms with E-state index < -0.39 is 15.8 Å². The molecule has 1 aliphatic rings. The van der Waals surface area contributed by atoms with Gasteiger partial charge in [-0.05, 0) is 54.3 Å². The Balaban J connectivity index is 1.58. The molecule has 1 amide bonds. The zero-order valence-corrected chi connectivity index (χ0v) is 17.0. The highest BCUT2D eigenvalue weighted by Crippen LogP contribution is 2.19. The number of carbonyl (C=O) groups excluding carboxylic acids is 1. The average Bonchev–Trinajstić information content (AvgIpc) is 2.73. The quantitative estimate of drug-likeness (QED) is 0.551. The molecule has 0 aromatic heterocycles. The zero-order valence-electron chi connectivity index (χ0n) is 15.4. The summed E-state index contributed by atoms with van der Waals surface area (Å²) >= 11 is 1.65. The van der Waals surface area contributed by atoms with Gasteiger partial charge in [-0.1, -0.05) is 12.1 Å². The van der Waals surface area contributed by atoms with Gasteiger partial charge in [-0.25, -0.2) is 12.8 Å². The van der Waals surface area contributed by atoms with Crippen molar-refractivity contribution in [3.8, 4) is 0 Å². The van der Waals surface area contributed by atoms with E-state index in [4.69, 9.17) is 0 Å². The molecule has 0 spiro atoms. The van der Waals surface area contributed by atoms with Gasteiger partial charge in [0.05, 0.1) is 4.90 Å². The van der Waals surface area contributed by atoms with Crippen LogP contribution in [0.5, 0.6) is 0 Å². The van der Waals surface area contributed by atoms with E-state index in [1.54, 1.807) is 22.7 Å². The van der Waals surface area contributed by atoms with Crippen molar-refractivity contribution < 1.29 is 17.6 Å². The number of nitrogens with zero attached hydrogens (tertiary/aromatic N) is 2. The summed E-state index contributed by atoms with van der Waals surface area (Å²) in [4.78, 5) is 15.2. The summed E-state index contributed by atoms with van der Waals surface area (Å²) in [6.07, 6.45) is 5.27. The first-order valence-corrected chi connectivity index (χ1v) is 11.4. The highest BCUT2D eigenvalue weighted by molar-refractivity contribution is 7.98. The number of thioether (sulfide) groups is 1. The maximum atomic E-state index is 13.0. The van der Waals surface area contributed by atoms with Crippen LogP contribution in [0.1, 0.15) is 5.56 Å². The Morgan fingerprint density at radius 3 is 2.18 bits per heavy atom. The first-order valence-electron chi connectivity index (χ1n) is 8.77. The molecule has 1 saturated heterocycles. The van der Waals surface area contributed by atoms with E-state index in [-0.39, 0.29) is 23.9 Å². The Bertz CT molecular complexity index is 950. The topological polar surface area (TPSA) is 57.7 Å². The van der Waals surface area contributed by atoms with Gasteiger partial charge >= 0.3 is 0 Å². The van der Waals surface area contributed by atoms with Gasteiger partial charge in [-0.3, -0.25) is 4.79 Å². The highest BCUT2D eigenvalue weighted by Gasteiger charge is 2.29. The minimum atomic E-state index is -3.68. The van der Waals surface area contributed by atoms with Crippen molar-refractivity contribution in [2.24, 2.45) is 0 Å². The minimum absolute atomic E-state index is 0.0576. The summed E-state index contributed by atoms with van der Waals surface area (Å²) in [6, 6.07) is 12.7. The molecular weight excluding hydrogens is 399 g/mol. The fourth-order valence-corrected chi connectivity index (χ4v) is 4.72. The molecule has 0 atom stereocenters. The average molecular weight is 421 g/mol. The number of amides is 1. The lowest BCUT2D eigenvalue weighted by Crippen LogP contribution is -2.50. The van der Waals surface area contributed by atoms with E-state index in [0.29, 0.717) is 13.1 Å². The van der Waals surface area contributed by atoms with E-state index in [1.807, 2.05) is 30.5 Å². The lowest BCUT2D eigenvalue weighted by molar-refractivity contribution is -0.127. The van der Waals surface area contributed by atoms with Crippen LogP contribution in [0.25, 0.3) is 6.08 Å². The molecule has 0 aliphatic carbocycles. The second-order valence-corrected chi connectivity index (χ2v) is 9.11.